The molecule has 4 nitrogen and oxygen atoms in total. The first-order chi connectivity index (χ1) is 6.20. The number of carboxylic acids is 1. The normalized spacial score (nSPS) is 8.57. The fourth-order valence-corrected chi connectivity index (χ4v) is 0.847. The monoisotopic (exact) mass is 269 g/mol. The first-order valence-corrected chi connectivity index (χ1v) is 3.75. The van der Waals surface area contributed by atoms with Crippen LogP contribution in [0.1, 0.15) is 13.2 Å². The summed E-state index contributed by atoms with van der Waals surface area (Å²) in [4.78, 5) is 21.3. The molecule has 0 atom stereocenters. The predicted molar refractivity (Wildman–Crippen MR) is 54.4 cm³/mol. The van der Waals surface area contributed by atoms with Gasteiger partial charge < -0.3 is 13.3 Å². The van der Waals surface area contributed by atoms with E-state index in [1.54, 1.807) is 30.3 Å². The van der Waals surface area contributed by atoms with E-state index in [2.05, 4.69) is 5.32 Å². The van der Waals surface area contributed by atoms with E-state index in [1.807, 2.05) is 0 Å². The van der Waals surface area contributed by atoms with Crippen molar-refractivity contribution in [2.75, 3.05) is 6.54 Å². The van der Waals surface area contributed by atoms with E-state index in [9.17, 15) is 9.59 Å². The smallest absolute Gasteiger partial charge is 1.00 e. The maximum atomic E-state index is 11.2. The number of nitrogens with one attached hydrogen (secondary N) is 1. The molecule has 72 valence electrons. The topological polar surface area (TPSA) is 66.4 Å². The average molecular weight is 269 g/mol. The van der Waals surface area contributed by atoms with Gasteiger partial charge in [-0.2, -0.15) is 0 Å². The number of aliphatic carboxylic acids is 1. The molecule has 1 rings (SSSR count). The SMILES string of the molecule is O=C(O)CNC(=O)c1ccccc1.[H-].[H-].[Sr+2]. The molecule has 0 unspecified atom stereocenters. The summed E-state index contributed by atoms with van der Waals surface area (Å²) in [6, 6.07) is 8.47. The van der Waals surface area contributed by atoms with Gasteiger partial charge >= 0.3 is 51.5 Å². The molecule has 0 bridgehead atoms. The number of rotatable bonds is 3. The Hall–Kier alpha value is -0.359. The zero-order valence-electron chi connectivity index (χ0n) is 9.56. The number of hydrogen-bond acceptors (Lipinski definition) is 2. The van der Waals surface area contributed by atoms with Crippen molar-refractivity contribution in [3.8, 4) is 0 Å². The molecule has 1 aromatic rings. The van der Waals surface area contributed by atoms with Gasteiger partial charge in [0, 0.05) is 5.56 Å². The van der Waals surface area contributed by atoms with Gasteiger partial charge in [0.2, 0.25) is 0 Å². The van der Waals surface area contributed by atoms with Crippen LogP contribution in [0.4, 0.5) is 0 Å². The summed E-state index contributed by atoms with van der Waals surface area (Å²) in [6.45, 7) is -0.353. The van der Waals surface area contributed by atoms with Gasteiger partial charge in [0.05, 0.1) is 0 Å². The molecule has 1 amide bonds. The molecular weight excluding hydrogens is 258 g/mol. The molecule has 0 spiro atoms. The Morgan fingerprint density at radius 2 is 1.86 bits per heavy atom. The van der Waals surface area contributed by atoms with Crippen molar-refractivity contribution in [3.63, 3.8) is 0 Å². The molecule has 14 heavy (non-hydrogen) atoms. The Kier molecular flexibility index (Phi) is 6.82. The minimum atomic E-state index is -1.05. The van der Waals surface area contributed by atoms with Gasteiger partial charge in [-0.25, -0.2) is 0 Å². The largest absolute Gasteiger partial charge is 2.00 e. The molecular formula is C9H11NO3Sr. The van der Waals surface area contributed by atoms with E-state index in [4.69, 9.17) is 5.11 Å². The zero-order chi connectivity index (χ0) is 9.68. The summed E-state index contributed by atoms with van der Waals surface area (Å²) in [6.07, 6.45) is 0. The molecule has 0 radical (unpaired) electrons. The first-order valence-electron chi connectivity index (χ1n) is 3.75. The van der Waals surface area contributed by atoms with Crippen LogP contribution in [-0.2, 0) is 4.79 Å². The van der Waals surface area contributed by atoms with Gasteiger partial charge in [-0.15, -0.1) is 0 Å². The maximum Gasteiger partial charge on any atom is 2.00 e. The van der Waals surface area contributed by atoms with Crippen LogP contribution in [0.5, 0.6) is 0 Å². The third-order valence-corrected chi connectivity index (χ3v) is 1.44. The summed E-state index contributed by atoms with van der Waals surface area (Å²) in [5.41, 5.74) is 0.462. The maximum absolute atomic E-state index is 11.2. The van der Waals surface area contributed by atoms with Crippen LogP contribution in [0.3, 0.4) is 0 Å². The number of carbonyl (C=O) groups is 2. The predicted octanol–water partition coefficient (Wildman–Crippen LogP) is 0.345. The van der Waals surface area contributed by atoms with Crippen molar-refractivity contribution in [1.29, 1.82) is 0 Å². The van der Waals surface area contributed by atoms with Crippen molar-refractivity contribution < 1.29 is 17.5 Å². The van der Waals surface area contributed by atoms with Gasteiger partial charge in [-0.1, -0.05) is 18.2 Å². The van der Waals surface area contributed by atoms with E-state index >= 15 is 0 Å². The van der Waals surface area contributed by atoms with Crippen molar-refractivity contribution in [1.82, 2.24) is 5.32 Å². The van der Waals surface area contributed by atoms with Crippen LogP contribution in [-0.4, -0.2) is 69.0 Å². The van der Waals surface area contributed by atoms with Gasteiger partial charge in [0.15, 0.2) is 0 Å². The van der Waals surface area contributed by atoms with Crippen LogP contribution >= 0.6 is 0 Å². The van der Waals surface area contributed by atoms with E-state index in [-0.39, 0.29) is 60.8 Å². The van der Waals surface area contributed by atoms with Crippen molar-refractivity contribution in [3.05, 3.63) is 35.9 Å². The minimum absolute atomic E-state index is 0. The Bertz CT molecular complexity index is 322. The Balaban J connectivity index is -0.000000563. The molecule has 2 N–H and O–H groups in total. The van der Waals surface area contributed by atoms with Gasteiger partial charge in [0.1, 0.15) is 6.54 Å². The van der Waals surface area contributed by atoms with Crippen molar-refractivity contribution >= 4 is 57.4 Å². The molecule has 0 saturated heterocycles. The first kappa shape index (κ1) is 13.6. The van der Waals surface area contributed by atoms with E-state index < -0.39 is 5.97 Å². The van der Waals surface area contributed by atoms with E-state index in [1.165, 1.54) is 0 Å². The van der Waals surface area contributed by atoms with Gasteiger partial charge in [-0.3, -0.25) is 9.59 Å². The second-order valence-electron chi connectivity index (χ2n) is 2.44. The summed E-state index contributed by atoms with van der Waals surface area (Å²) in [5.74, 6) is -1.42. The number of amides is 1. The summed E-state index contributed by atoms with van der Waals surface area (Å²) in [5, 5.41) is 10.6. The summed E-state index contributed by atoms with van der Waals surface area (Å²) in [7, 11) is 0. The molecule has 5 heteroatoms. The fraction of sp³-hybridized carbons (Fsp3) is 0.111. The van der Waals surface area contributed by atoms with Crippen LogP contribution in [0.15, 0.2) is 30.3 Å². The molecule has 0 saturated carbocycles. The molecule has 0 fully saturated rings. The standard InChI is InChI=1S/C9H9NO3.Sr.2H/c11-8(12)6-10-9(13)7-4-2-1-3-5-7;;;/h1-5H,6H2,(H,10,13)(H,11,12);;;/q;+2;2*-1. The van der Waals surface area contributed by atoms with E-state index in [0.29, 0.717) is 5.56 Å². The Morgan fingerprint density at radius 3 is 2.36 bits per heavy atom. The fourth-order valence-electron chi connectivity index (χ4n) is 0.847. The van der Waals surface area contributed by atoms with Gasteiger partial charge in [-0.05, 0) is 12.1 Å². The van der Waals surface area contributed by atoms with Crippen LogP contribution < -0.4 is 5.32 Å². The Morgan fingerprint density at radius 1 is 1.29 bits per heavy atom. The zero-order valence-corrected chi connectivity index (χ0v) is 11.0. The Labute approximate surface area is 122 Å². The van der Waals surface area contributed by atoms with Crippen LogP contribution in [0, 0.1) is 0 Å². The van der Waals surface area contributed by atoms with Crippen molar-refractivity contribution in [2.45, 2.75) is 0 Å². The second kappa shape index (κ2) is 7.00. The molecule has 0 aliphatic heterocycles. The summed E-state index contributed by atoms with van der Waals surface area (Å²) >= 11 is 0. The van der Waals surface area contributed by atoms with Crippen LogP contribution in [0.2, 0.25) is 0 Å². The van der Waals surface area contributed by atoms with Gasteiger partial charge in [0.25, 0.3) is 5.91 Å². The second-order valence-corrected chi connectivity index (χ2v) is 2.44. The number of benzene rings is 1. The number of carbonyl (C=O) groups excluding carboxylic acids is 1. The molecule has 0 aromatic heterocycles. The molecule has 0 heterocycles. The molecule has 0 aliphatic carbocycles. The minimum Gasteiger partial charge on any atom is -1.00 e. The van der Waals surface area contributed by atoms with Crippen molar-refractivity contribution in [2.24, 2.45) is 0 Å². The third kappa shape index (κ3) is 4.76. The number of carboxylic acid groups (broad SMARTS) is 1. The third-order valence-electron chi connectivity index (χ3n) is 1.44. The number of hydrogen-bond donors (Lipinski definition) is 2. The molecule has 1 aromatic carbocycles. The average Bonchev–Trinajstić information content (AvgIpc) is 2.15. The van der Waals surface area contributed by atoms with Crippen LogP contribution in [0.25, 0.3) is 0 Å². The quantitative estimate of drug-likeness (QED) is 0.778. The van der Waals surface area contributed by atoms with E-state index in [0.717, 1.165) is 0 Å². The molecule has 0 aliphatic rings. The summed E-state index contributed by atoms with van der Waals surface area (Å²) < 4.78 is 0.